The molecule has 0 amide bonds. The molecule has 0 saturated heterocycles. The van der Waals surface area contributed by atoms with Gasteiger partial charge in [-0.1, -0.05) is 35.9 Å². The molecule has 2 N–H and O–H groups in total. The Labute approximate surface area is 118 Å². The van der Waals surface area contributed by atoms with Gasteiger partial charge in [-0.25, -0.2) is 9.82 Å². The van der Waals surface area contributed by atoms with Crippen molar-refractivity contribution in [3.63, 3.8) is 0 Å². The van der Waals surface area contributed by atoms with Crippen molar-refractivity contribution < 1.29 is 4.39 Å². The first-order chi connectivity index (χ1) is 8.68. The molecule has 0 aliphatic carbocycles. The number of para-hydroxylation sites is 1. The Bertz CT molecular complexity index is 534. The number of hydrogen-bond acceptors (Lipinski definition) is 2. The third kappa shape index (κ3) is 3.22. The van der Waals surface area contributed by atoms with E-state index in [0.717, 1.165) is 5.69 Å². The molecule has 0 saturated carbocycles. The highest BCUT2D eigenvalue weighted by Gasteiger charge is 2.09. The summed E-state index contributed by atoms with van der Waals surface area (Å²) in [5.74, 6) is -0.409. The highest BCUT2D eigenvalue weighted by Crippen LogP contribution is 2.27. The summed E-state index contributed by atoms with van der Waals surface area (Å²) >= 11 is 8.99. The largest absolute Gasteiger partial charge is 0.321 e. The summed E-state index contributed by atoms with van der Waals surface area (Å²) < 4.78 is 14.3. The van der Waals surface area contributed by atoms with E-state index in [-0.39, 0.29) is 5.02 Å². The Hall–Kier alpha value is -1.10. The summed E-state index contributed by atoms with van der Waals surface area (Å²) in [7, 11) is 0. The molecule has 2 aromatic carbocycles. The number of hydrogen-bond donors (Lipinski definition) is 2. The van der Waals surface area contributed by atoms with E-state index >= 15 is 0 Å². The third-order valence-corrected chi connectivity index (χ3v) is 3.66. The van der Waals surface area contributed by atoms with E-state index in [9.17, 15) is 4.39 Å². The minimum absolute atomic E-state index is 0.106. The minimum Gasteiger partial charge on any atom is -0.321 e. The van der Waals surface area contributed by atoms with E-state index < -0.39 is 5.82 Å². The summed E-state index contributed by atoms with van der Waals surface area (Å²) in [5, 5.41) is 0.106. The lowest BCUT2D eigenvalue weighted by Gasteiger charge is -2.10. The molecule has 0 atom stereocenters. The maximum atomic E-state index is 13.8. The summed E-state index contributed by atoms with van der Waals surface area (Å²) in [4.78, 5) is 0. The fourth-order valence-electron chi connectivity index (χ4n) is 1.47. The molecule has 2 aromatic rings. The average molecular weight is 330 g/mol. The van der Waals surface area contributed by atoms with Crippen molar-refractivity contribution in [1.29, 1.82) is 0 Å². The van der Waals surface area contributed by atoms with Crippen LogP contribution in [0.3, 0.4) is 0 Å². The van der Waals surface area contributed by atoms with Gasteiger partial charge in [0.15, 0.2) is 0 Å². The van der Waals surface area contributed by atoms with Crippen LogP contribution in [0.15, 0.2) is 46.9 Å². The molecule has 0 fully saturated rings. The molecule has 0 aromatic heterocycles. The predicted molar refractivity (Wildman–Crippen MR) is 76.0 cm³/mol. The minimum atomic E-state index is -0.409. The van der Waals surface area contributed by atoms with Crippen LogP contribution in [0.5, 0.6) is 0 Å². The van der Waals surface area contributed by atoms with Crippen LogP contribution < -0.4 is 10.9 Å². The molecule has 0 spiro atoms. The van der Waals surface area contributed by atoms with Gasteiger partial charge in [-0.2, -0.15) is 0 Å². The zero-order valence-electron chi connectivity index (χ0n) is 9.38. The molecule has 0 heterocycles. The second kappa shape index (κ2) is 6.18. The summed E-state index contributed by atoms with van der Waals surface area (Å²) in [6, 6.07) is 13.0. The normalized spacial score (nSPS) is 10.4. The first kappa shape index (κ1) is 13.3. The van der Waals surface area contributed by atoms with Crippen LogP contribution in [0.1, 0.15) is 5.56 Å². The quantitative estimate of drug-likeness (QED) is 0.643. The Balaban J connectivity index is 1.97. The lowest BCUT2D eigenvalue weighted by Crippen LogP contribution is -2.21. The fraction of sp³-hybridized carbons (Fsp3) is 0.0769. The fourth-order valence-corrected chi connectivity index (χ4v) is 1.96. The first-order valence-electron chi connectivity index (χ1n) is 5.35. The molecule has 18 heavy (non-hydrogen) atoms. The zero-order chi connectivity index (χ0) is 13.0. The predicted octanol–water partition coefficient (Wildman–Crippen LogP) is 4.36. The maximum Gasteiger partial charge on any atom is 0.147 e. The van der Waals surface area contributed by atoms with Gasteiger partial charge in [0, 0.05) is 22.3 Å². The van der Waals surface area contributed by atoms with Crippen LogP contribution in [-0.2, 0) is 6.54 Å². The Morgan fingerprint density at radius 2 is 1.83 bits per heavy atom. The van der Waals surface area contributed by atoms with Gasteiger partial charge in [-0.3, -0.25) is 0 Å². The van der Waals surface area contributed by atoms with E-state index in [4.69, 9.17) is 11.6 Å². The van der Waals surface area contributed by atoms with Crippen LogP contribution in [0, 0.1) is 5.82 Å². The second-order valence-corrected chi connectivity index (χ2v) is 4.91. The van der Waals surface area contributed by atoms with E-state index in [1.54, 1.807) is 12.1 Å². The summed E-state index contributed by atoms with van der Waals surface area (Å²) in [6.07, 6.45) is 0. The van der Waals surface area contributed by atoms with Gasteiger partial charge in [-0.05, 0) is 34.1 Å². The molecule has 2 nitrogen and oxygen atoms in total. The average Bonchev–Trinajstić information content (AvgIpc) is 2.40. The van der Waals surface area contributed by atoms with Crippen LogP contribution in [0.25, 0.3) is 0 Å². The number of rotatable bonds is 4. The number of benzene rings is 2. The van der Waals surface area contributed by atoms with E-state index in [2.05, 4.69) is 26.8 Å². The number of hydrazine groups is 1. The molecule has 0 aliphatic heterocycles. The van der Waals surface area contributed by atoms with E-state index in [1.807, 2.05) is 30.3 Å². The molecule has 2 rings (SSSR count). The van der Waals surface area contributed by atoms with E-state index in [1.165, 1.54) is 0 Å². The maximum absolute atomic E-state index is 13.8. The number of halogens is 3. The molecular weight excluding hydrogens is 319 g/mol. The Kier molecular flexibility index (Phi) is 4.58. The second-order valence-electron chi connectivity index (χ2n) is 3.68. The van der Waals surface area contributed by atoms with Gasteiger partial charge in [0.05, 0.1) is 5.02 Å². The smallest absolute Gasteiger partial charge is 0.147 e. The lowest BCUT2D eigenvalue weighted by molar-refractivity contribution is 0.599. The standard InChI is InChI=1S/C13H11BrClFN2/c14-11-7-6-9(13(16)12(11)15)8-17-18-10-4-2-1-3-5-10/h1-7,17-18H,8H2. The van der Waals surface area contributed by atoms with Crippen molar-refractivity contribution in [2.45, 2.75) is 6.54 Å². The SMILES string of the molecule is Fc1c(CNNc2ccccc2)ccc(Br)c1Cl. The summed E-state index contributed by atoms with van der Waals surface area (Å²) in [5.41, 5.74) is 7.35. The van der Waals surface area contributed by atoms with Gasteiger partial charge < -0.3 is 5.43 Å². The number of nitrogens with one attached hydrogen (secondary N) is 2. The molecule has 0 radical (unpaired) electrons. The van der Waals surface area contributed by atoms with Crippen LogP contribution >= 0.6 is 27.5 Å². The lowest BCUT2D eigenvalue weighted by atomic mass is 10.2. The third-order valence-electron chi connectivity index (χ3n) is 2.40. The van der Waals surface area contributed by atoms with Gasteiger partial charge in [0.2, 0.25) is 0 Å². The van der Waals surface area contributed by atoms with Gasteiger partial charge >= 0.3 is 0 Å². The van der Waals surface area contributed by atoms with Crippen LogP contribution in [-0.4, -0.2) is 0 Å². The van der Waals surface area contributed by atoms with Crippen LogP contribution in [0.4, 0.5) is 10.1 Å². The van der Waals surface area contributed by atoms with Crippen molar-refractivity contribution in [1.82, 2.24) is 5.43 Å². The molecule has 94 valence electrons. The van der Waals surface area contributed by atoms with Crippen molar-refractivity contribution in [3.05, 3.63) is 63.3 Å². The Morgan fingerprint density at radius 1 is 1.11 bits per heavy atom. The molecule has 0 bridgehead atoms. The molecule has 0 unspecified atom stereocenters. The molecule has 0 aliphatic rings. The first-order valence-corrected chi connectivity index (χ1v) is 6.52. The van der Waals surface area contributed by atoms with Gasteiger partial charge in [0.25, 0.3) is 0 Å². The molecular formula is C13H11BrClFN2. The van der Waals surface area contributed by atoms with Crippen molar-refractivity contribution >= 4 is 33.2 Å². The van der Waals surface area contributed by atoms with E-state index in [0.29, 0.717) is 16.6 Å². The topological polar surface area (TPSA) is 24.1 Å². The number of anilines is 1. The van der Waals surface area contributed by atoms with Crippen molar-refractivity contribution in [2.75, 3.05) is 5.43 Å². The summed E-state index contributed by atoms with van der Waals surface area (Å²) in [6.45, 7) is 0.341. The van der Waals surface area contributed by atoms with Gasteiger partial charge in [0.1, 0.15) is 5.82 Å². The monoisotopic (exact) mass is 328 g/mol. The van der Waals surface area contributed by atoms with Crippen molar-refractivity contribution in [2.24, 2.45) is 0 Å². The zero-order valence-corrected chi connectivity index (χ0v) is 11.7. The molecule has 5 heteroatoms. The van der Waals surface area contributed by atoms with Crippen LogP contribution in [0.2, 0.25) is 5.02 Å². The highest BCUT2D eigenvalue weighted by molar-refractivity contribution is 9.10. The Morgan fingerprint density at radius 3 is 2.56 bits per heavy atom. The van der Waals surface area contributed by atoms with Gasteiger partial charge in [-0.15, -0.1) is 0 Å². The highest BCUT2D eigenvalue weighted by atomic mass is 79.9. The van der Waals surface area contributed by atoms with Crippen molar-refractivity contribution in [3.8, 4) is 0 Å².